The summed E-state index contributed by atoms with van der Waals surface area (Å²) >= 11 is 0. The fraction of sp³-hybridized carbons (Fsp3) is 0.828. The summed E-state index contributed by atoms with van der Waals surface area (Å²) in [6, 6.07) is -3.04. The van der Waals surface area contributed by atoms with Gasteiger partial charge in [0.2, 0.25) is 17.7 Å². The zero-order valence-corrected chi connectivity index (χ0v) is 24.2. The molecule has 5 N–H and O–H groups in total. The van der Waals surface area contributed by atoms with Gasteiger partial charge >= 0.3 is 11.9 Å². The molecule has 1 saturated heterocycles. The molecule has 0 bridgehead atoms. The summed E-state index contributed by atoms with van der Waals surface area (Å²) in [4.78, 5) is 65.3. The number of amides is 3. The Bertz CT molecular complexity index is 838. The van der Waals surface area contributed by atoms with Crippen LogP contribution in [-0.4, -0.2) is 87.9 Å². The zero-order valence-electron chi connectivity index (χ0n) is 24.2. The lowest BCUT2D eigenvalue weighted by molar-refractivity contribution is -0.161. The lowest BCUT2D eigenvalue weighted by atomic mass is 9.86. The van der Waals surface area contributed by atoms with Crippen LogP contribution in [0.15, 0.2) is 0 Å². The quantitative estimate of drug-likeness (QED) is 0.233. The second kappa shape index (κ2) is 18.0. The molecule has 1 heterocycles. The number of likely N-dealkylation sites (N-methyl/N-ethyl adjacent to an activating group) is 1. The summed E-state index contributed by atoms with van der Waals surface area (Å²) < 4.78 is 0. The van der Waals surface area contributed by atoms with E-state index in [0.29, 0.717) is 29.6 Å². The molecule has 2 aliphatic rings. The monoisotopic (exact) mass is 566 g/mol. The minimum absolute atomic E-state index is 0.0631. The Hall–Kier alpha value is -2.53. The predicted molar refractivity (Wildman–Crippen MR) is 150 cm³/mol. The first-order valence-corrected chi connectivity index (χ1v) is 15.2. The van der Waals surface area contributed by atoms with Crippen LogP contribution < -0.4 is 11.1 Å². The number of piperidine rings is 1. The van der Waals surface area contributed by atoms with E-state index in [-0.39, 0.29) is 25.3 Å². The number of nitrogens with zero attached hydrogens (tertiary/aromatic N) is 2. The van der Waals surface area contributed by atoms with E-state index in [4.69, 9.17) is 10.8 Å². The maximum absolute atomic E-state index is 13.5. The number of carboxylic acids is 2. The third kappa shape index (κ3) is 11.5. The van der Waals surface area contributed by atoms with Gasteiger partial charge in [-0.05, 0) is 70.4 Å². The molecule has 1 aliphatic carbocycles. The van der Waals surface area contributed by atoms with Gasteiger partial charge < -0.3 is 26.2 Å². The SMILES string of the molecule is CCN(CC(=O)N(C(=O)[C@@H](N)CC(=O)O)[C@@H](CCC1CCCCCCC1)C(=O)O)C(=O)CCCC1CCNCC1. The molecule has 2 atom stereocenters. The number of hydrogen-bond donors (Lipinski definition) is 4. The minimum atomic E-state index is -1.57. The van der Waals surface area contributed by atoms with Gasteiger partial charge in [-0.25, -0.2) is 4.79 Å². The Morgan fingerprint density at radius 2 is 1.48 bits per heavy atom. The first-order valence-electron chi connectivity index (χ1n) is 15.2. The van der Waals surface area contributed by atoms with Crippen molar-refractivity contribution < 1.29 is 34.2 Å². The fourth-order valence-electron chi connectivity index (χ4n) is 5.98. The average Bonchev–Trinajstić information content (AvgIpc) is 2.89. The Morgan fingerprint density at radius 1 is 0.875 bits per heavy atom. The van der Waals surface area contributed by atoms with Crippen LogP contribution in [0.1, 0.15) is 103 Å². The zero-order chi connectivity index (χ0) is 29.5. The lowest BCUT2D eigenvalue weighted by Gasteiger charge is -2.32. The van der Waals surface area contributed by atoms with Crippen molar-refractivity contribution in [2.45, 2.75) is 115 Å². The van der Waals surface area contributed by atoms with E-state index < -0.39 is 48.8 Å². The number of hydrogen-bond acceptors (Lipinski definition) is 7. The van der Waals surface area contributed by atoms with Gasteiger partial charge in [0.25, 0.3) is 0 Å². The Labute approximate surface area is 238 Å². The molecule has 0 aromatic carbocycles. The first kappa shape index (κ1) is 33.7. The van der Waals surface area contributed by atoms with Crippen molar-refractivity contribution in [3.8, 4) is 0 Å². The molecule has 1 aliphatic heterocycles. The molecule has 11 nitrogen and oxygen atoms in total. The number of nitrogens with two attached hydrogens (primary N) is 1. The number of carbonyl (C=O) groups excluding carboxylic acids is 3. The number of rotatable bonds is 15. The van der Waals surface area contributed by atoms with E-state index in [2.05, 4.69) is 5.32 Å². The van der Waals surface area contributed by atoms with Gasteiger partial charge in [0, 0.05) is 13.0 Å². The number of nitrogens with one attached hydrogen (secondary N) is 1. The van der Waals surface area contributed by atoms with Crippen LogP contribution in [-0.2, 0) is 24.0 Å². The Balaban J connectivity index is 2.12. The highest BCUT2D eigenvalue weighted by Gasteiger charge is 2.38. The molecule has 40 heavy (non-hydrogen) atoms. The molecule has 2 rings (SSSR count). The summed E-state index contributed by atoms with van der Waals surface area (Å²) in [5.41, 5.74) is 5.83. The second-order valence-electron chi connectivity index (χ2n) is 11.4. The van der Waals surface area contributed by atoms with Crippen LogP contribution in [0.4, 0.5) is 0 Å². The Kier molecular flexibility index (Phi) is 15.2. The maximum atomic E-state index is 13.5. The van der Waals surface area contributed by atoms with Crippen molar-refractivity contribution in [2.75, 3.05) is 26.2 Å². The number of carbonyl (C=O) groups is 5. The largest absolute Gasteiger partial charge is 0.481 e. The average molecular weight is 567 g/mol. The summed E-state index contributed by atoms with van der Waals surface area (Å²) in [7, 11) is 0. The van der Waals surface area contributed by atoms with Gasteiger partial charge in [0.15, 0.2) is 0 Å². The van der Waals surface area contributed by atoms with E-state index in [1.165, 1.54) is 11.3 Å². The summed E-state index contributed by atoms with van der Waals surface area (Å²) in [5, 5.41) is 22.6. The molecule has 0 spiro atoms. The molecule has 2 fully saturated rings. The van der Waals surface area contributed by atoms with E-state index in [1.54, 1.807) is 6.92 Å². The highest BCUT2D eigenvalue weighted by Crippen LogP contribution is 2.27. The first-order chi connectivity index (χ1) is 19.1. The summed E-state index contributed by atoms with van der Waals surface area (Å²) in [5.74, 6) is -3.90. The smallest absolute Gasteiger partial charge is 0.326 e. The molecule has 1 saturated carbocycles. The van der Waals surface area contributed by atoms with Gasteiger partial charge in [-0.1, -0.05) is 44.9 Å². The van der Waals surface area contributed by atoms with E-state index in [1.807, 2.05) is 0 Å². The Morgan fingerprint density at radius 3 is 2.05 bits per heavy atom. The van der Waals surface area contributed by atoms with Crippen LogP contribution in [0.3, 0.4) is 0 Å². The van der Waals surface area contributed by atoms with Gasteiger partial charge in [0.1, 0.15) is 12.6 Å². The van der Waals surface area contributed by atoms with Crippen LogP contribution in [0, 0.1) is 11.8 Å². The maximum Gasteiger partial charge on any atom is 0.326 e. The normalized spacial score (nSPS) is 18.6. The number of imide groups is 1. The number of carboxylic acid groups (broad SMARTS) is 2. The topological polar surface area (TPSA) is 170 Å². The van der Waals surface area contributed by atoms with Crippen molar-refractivity contribution in [1.82, 2.24) is 15.1 Å². The van der Waals surface area contributed by atoms with Crippen LogP contribution in [0.5, 0.6) is 0 Å². The fourth-order valence-corrected chi connectivity index (χ4v) is 5.98. The molecule has 228 valence electrons. The highest BCUT2D eigenvalue weighted by molar-refractivity contribution is 6.03. The van der Waals surface area contributed by atoms with E-state index >= 15 is 0 Å². The van der Waals surface area contributed by atoms with Crippen molar-refractivity contribution in [3.05, 3.63) is 0 Å². The molecule has 0 aromatic heterocycles. The van der Waals surface area contributed by atoms with Crippen molar-refractivity contribution in [2.24, 2.45) is 17.6 Å². The number of aliphatic carboxylic acids is 2. The standard InChI is InChI=1S/C29H50N4O7/c1-2-32(25(34)12-8-11-22-15-17-31-18-16-22)20-26(35)33(28(38)23(30)19-27(36)37)24(29(39)40)14-13-21-9-6-4-3-5-7-10-21/h21-24,31H,2-20,30H2,1H3,(H,36,37)(H,39,40)/t23-,24-/m0/s1. The van der Waals surface area contributed by atoms with Crippen LogP contribution in [0.2, 0.25) is 0 Å². The molecule has 11 heteroatoms. The molecule has 3 amide bonds. The highest BCUT2D eigenvalue weighted by atomic mass is 16.4. The summed E-state index contributed by atoms with van der Waals surface area (Å²) in [6.45, 7) is 3.45. The summed E-state index contributed by atoms with van der Waals surface area (Å²) in [6.07, 6.45) is 11.5. The van der Waals surface area contributed by atoms with E-state index in [9.17, 15) is 29.1 Å². The molecular formula is C29H50N4O7. The molecule has 0 unspecified atom stereocenters. The van der Waals surface area contributed by atoms with Crippen LogP contribution >= 0.6 is 0 Å². The molecule has 0 radical (unpaired) electrons. The minimum Gasteiger partial charge on any atom is -0.481 e. The van der Waals surface area contributed by atoms with Crippen molar-refractivity contribution in [3.63, 3.8) is 0 Å². The third-order valence-electron chi connectivity index (χ3n) is 8.41. The van der Waals surface area contributed by atoms with Crippen LogP contribution in [0.25, 0.3) is 0 Å². The third-order valence-corrected chi connectivity index (χ3v) is 8.41. The van der Waals surface area contributed by atoms with Gasteiger partial charge in [-0.3, -0.25) is 24.1 Å². The van der Waals surface area contributed by atoms with Gasteiger partial charge in [-0.2, -0.15) is 0 Å². The van der Waals surface area contributed by atoms with Crippen molar-refractivity contribution in [1.29, 1.82) is 0 Å². The van der Waals surface area contributed by atoms with Gasteiger partial charge in [0.05, 0.1) is 12.5 Å². The van der Waals surface area contributed by atoms with Gasteiger partial charge in [-0.15, -0.1) is 0 Å². The second-order valence-corrected chi connectivity index (χ2v) is 11.4. The molecular weight excluding hydrogens is 516 g/mol. The predicted octanol–water partition coefficient (Wildman–Crippen LogP) is 2.76. The molecule has 0 aromatic rings. The lowest BCUT2D eigenvalue weighted by Crippen LogP contribution is -2.57. The van der Waals surface area contributed by atoms with Crippen molar-refractivity contribution >= 4 is 29.7 Å². The van der Waals surface area contributed by atoms with E-state index in [0.717, 1.165) is 70.9 Å².